The number of carbonyl (C=O) groups is 2. The van der Waals surface area contributed by atoms with Crippen molar-refractivity contribution in [3.8, 4) is 0 Å². The number of hydrogen-bond donors (Lipinski definition) is 1. The second kappa shape index (κ2) is 3.23. The zero-order valence-electron chi connectivity index (χ0n) is 7.41. The molecule has 1 aliphatic heterocycles. The van der Waals surface area contributed by atoms with Gasteiger partial charge in [-0.1, -0.05) is 6.92 Å². The molecule has 2 N–H and O–H groups in total. The molecule has 0 saturated carbocycles. The Morgan fingerprint density at radius 3 is 2.58 bits per heavy atom. The molecule has 1 fully saturated rings. The number of amides is 2. The lowest BCUT2D eigenvalue weighted by Gasteiger charge is -2.16. The van der Waals surface area contributed by atoms with Crippen LogP contribution >= 0.6 is 0 Å². The first-order chi connectivity index (χ1) is 5.52. The van der Waals surface area contributed by atoms with Crippen molar-refractivity contribution in [2.75, 3.05) is 6.54 Å². The van der Waals surface area contributed by atoms with Crippen LogP contribution in [0, 0.1) is 5.92 Å². The molecular weight excluding hydrogens is 156 g/mol. The maximum atomic E-state index is 11.3. The SMILES string of the molecule is CC1CC(=O)N(C[C@@H](C)N)C1=O. The van der Waals surface area contributed by atoms with E-state index in [9.17, 15) is 9.59 Å². The molecule has 1 saturated heterocycles. The first-order valence-electron chi connectivity index (χ1n) is 4.12. The average Bonchev–Trinajstić information content (AvgIpc) is 2.16. The fourth-order valence-electron chi connectivity index (χ4n) is 1.33. The molecule has 0 aromatic heterocycles. The normalized spacial score (nSPS) is 26.6. The zero-order chi connectivity index (χ0) is 9.30. The van der Waals surface area contributed by atoms with Gasteiger partial charge >= 0.3 is 0 Å². The second-order valence-electron chi connectivity index (χ2n) is 3.43. The molecule has 0 aliphatic carbocycles. The van der Waals surface area contributed by atoms with Gasteiger partial charge in [-0.25, -0.2) is 0 Å². The number of carbonyl (C=O) groups excluding carboxylic acids is 2. The van der Waals surface area contributed by atoms with Gasteiger partial charge in [-0.3, -0.25) is 14.5 Å². The molecule has 12 heavy (non-hydrogen) atoms. The summed E-state index contributed by atoms with van der Waals surface area (Å²) in [4.78, 5) is 23.7. The predicted octanol–water partition coefficient (Wildman–Crippen LogP) is -0.271. The molecule has 2 amide bonds. The lowest BCUT2D eigenvalue weighted by molar-refractivity contribution is -0.139. The molecule has 2 atom stereocenters. The van der Waals surface area contributed by atoms with Gasteiger partial charge < -0.3 is 5.73 Å². The number of nitrogens with two attached hydrogens (primary N) is 1. The van der Waals surface area contributed by atoms with Gasteiger partial charge in [0.2, 0.25) is 11.8 Å². The van der Waals surface area contributed by atoms with Crippen LogP contribution in [0.15, 0.2) is 0 Å². The Kier molecular flexibility index (Phi) is 2.47. The van der Waals surface area contributed by atoms with Crippen LogP contribution in [0.5, 0.6) is 0 Å². The Labute approximate surface area is 71.7 Å². The van der Waals surface area contributed by atoms with Crippen LogP contribution < -0.4 is 5.73 Å². The summed E-state index contributed by atoms with van der Waals surface area (Å²) in [6.45, 7) is 3.90. The van der Waals surface area contributed by atoms with Crippen molar-refractivity contribution < 1.29 is 9.59 Å². The number of hydrogen-bond acceptors (Lipinski definition) is 3. The fraction of sp³-hybridized carbons (Fsp3) is 0.750. The summed E-state index contributed by atoms with van der Waals surface area (Å²) in [7, 11) is 0. The van der Waals surface area contributed by atoms with Gasteiger partial charge in [-0.15, -0.1) is 0 Å². The Hall–Kier alpha value is -0.900. The van der Waals surface area contributed by atoms with Crippen molar-refractivity contribution in [3.05, 3.63) is 0 Å². The van der Waals surface area contributed by atoms with Crippen LogP contribution in [-0.2, 0) is 9.59 Å². The molecule has 1 unspecified atom stereocenters. The smallest absolute Gasteiger partial charge is 0.232 e. The molecule has 0 aromatic rings. The second-order valence-corrected chi connectivity index (χ2v) is 3.43. The van der Waals surface area contributed by atoms with Crippen LogP contribution in [0.4, 0.5) is 0 Å². The van der Waals surface area contributed by atoms with Crippen LogP contribution in [0.3, 0.4) is 0 Å². The minimum atomic E-state index is -0.156. The number of rotatable bonds is 2. The number of likely N-dealkylation sites (tertiary alicyclic amines) is 1. The van der Waals surface area contributed by atoms with E-state index in [1.165, 1.54) is 4.90 Å². The van der Waals surface area contributed by atoms with Crippen molar-refractivity contribution >= 4 is 11.8 Å². The minimum absolute atomic E-state index is 0.0858. The van der Waals surface area contributed by atoms with Crippen molar-refractivity contribution in [3.63, 3.8) is 0 Å². The van der Waals surface area contributed by atoms with Crippen molar-refractivity contribution in [2.24, 2.45) is 11.7 Å². The Morgan fingerprint density at radius 2 is 2.25 bits per heavy atom. The Balaban J connectivity index is 2.64. The van der Waals surface area contributed by atoms with Gasteiger partial charge in [0.1, 0.15) is 0 Å². The van der Waals surface area contributed by atoms with Crippen molar-refractivity contribution in [1.29, 1.82) is 0 Å². The average molecular weight is 170 g/mol. The van der Waals surface area contributed by atoms with E-state index in [0.29, 0.717) is 13.0 Å². The lowest BCUT2D eigenvalue weighted by atomic mass is 10.1. The number of nitrogens with zero attached hydrogens (tertiary/aromatic N) is 1. The summed E-state index contributed by atoms with van der Waals surface area (Å²) in [6.07, 6.45) is 0.339. The third-order valence-electron chi connectivity index (χ3n) is 1.94. The van der Waals surface area contributed by atoms with E-state index in [1.54, 1.807) is 13.8 Å². The molecule has 0 spiro atoms. The molecule has 0 bridgehead atoms. The quantitative estimate of drug-likeness (QED) is 0.580. The van der Waals surface area contributed by atoms with E-state index in [0.717, 1.165) is 0 Å². The molecule has 68 valence electrons. The fourth-order valence-corrected chi connectivity index (χ4v) is 1.33. The summed E-state index contributed by atoms with van der Waals surface area (Å²) < 4.78 is 0. The topological polar surface area (TPSA) is 63.4 Å². The highest BCUT2D eigenvalue weighted by molar-refractivity contribution is 6.03. The van der Waals surface area contributed by atoms with E-state index >= 15 is 0 Å². The summed E-state index contributed by atoms with van der Waals surface area (Å²) >= 11 is 0. The van der Waals surface area contributed by atoms with Crippen LogP contribution in [0.1, 0.15) is 20.3 Å². The Morgan fingerprint density at radius 1 is 1.67 bits per heavy atom. The molecule has 1 rings (SSSR count). The van der Waals surface area contributed by atoms with Crippen LogP contribution in [0.2, 0.25) is 0 Å². The highest BCUT2D eigenvalue weighted by atomic mass is 16.2. The van der Waals surface area contributed by atoms with Crippen LogP contribution in [0.25, 0.3) is 0 Å². The maximum absolute atomic E-state index is 11.3. The summed E-state index contributed by atoms with van der Waals surface area (Å²) in [6, 6.07) is -0.136. The molecule has 1 aliphatic rings. The third-order valence-corrected chi connectivity index (χ3v) is 1.94. The molecule has 4 nitrogen and oxygen atoms in total. The van der Waals surface area contributed by atoms with E-state index < -0.39 is 0 Å². The van der Waals surface area contributed by atoms with E-state index in [-0.39, 0.29) is 23.8 Å². The standard InChI is InChI=1S/C8H14N2O2/c1-5-3-7(11)10(8(5)12)4-6(2)9/h5-6H,3-4,9H2,1-2H3/t5?,6-/m1/s1. The largest absolute Gasteiger partial charge is 0.326 e. The maximum Gasteiger partial charge on any atom is 0.232 e. The molecular formula is C8H14N2O2. The molecule has 0 aromatic carbocycles. The van der Waals surface area contributed by atoms with E-state index in [2.05, 4.69) is 0 Å². The first-order valence-corrected chi connectivity index (χ1v) is 4.12. The van der Waals surface area contributed by atoms with Crippen LogP contribution in [-0.4, -0.2) is 29.3 Å². The van der Waals surface area contributed by atoms with Gasteiger partial charge in [0.05, 0.1) is 0 Å². The monoisotopic (exact) mass is 170 g/mol. The third kappa shape index (κ3) is 1.64. The summed E-state index contributed by atoms with van der Waals surface area (Å²) in [5.74, 6) is -0.335. The molecule has 4 heteroatoms. The van der Waals surface area contributed by atoms with Crippen molar-refractivity contribution in [2.45, 2.75) is 26.3 Å². The number of imide groups is 1. The van der Waals surface area contributed by atoms with Crippen molar-refractivity contribution in [1.82, 2.24) is 4.90 Å². The highest BCUT2D eigenvalue weighted by Gasteiger charge is 2.35. The minimum Gasteiger partial charge on any atom is -0.326 e. The van der Waals surface area contributed by atoms with Gasteiger partial charge in [-0.05, 0) is 6.92 Å². The summed E-state index contributed by atoms with van der Waals surface area (Å²) in [5.41, 5.74) is 5.50. The zero-order valence-corrected chi connectivity index (χ0v) is 7.41. The van der Waals surface area contributed by atoms with E-state index in [1.807, 2.05) is 0 Å². The first kappa shape index (κ1) is 9.19. The van der Waals surface area contributed by atoms with Gasteiger partial charge in [0.25, 0.3) is 0 Å². The molecule has 1 heterocycles. The lowest BCUT2D eigenvalue weighted by Crippen LogP contribution is -2.39. The molecule has 0 radical (unpaired) electrons. The van der Waals surface area contributed by atoms with Gasteiger partial charge in [0.15, 0.2) is 0 Å². The van der Waals surface area contributed by atoms with Gasteiger partial charge in [-0.2, -0.15) is 0 Å². The van der Waals surface area contributed by atoms with E-state index in [4.69, 9.17) is 5.73 Å². The predicted molar refractivity (Wildman–Crippen MR) is 44.2 cm³/mol. The van der Waals surface area contributed by atoms with Gasteiger partial charge in [0, 0.05) is 24.9 Å². The highest BCUT2D eigenvalue weighted by Crippen LogP contribution is 2.18. The Bertz CT molecular complexity index is 213. The summed E-state index contributed by atoms with van der Waals surface area (Å²) in [5, 5.41) is 0.